The number of hydrogen-bond donors (Lipinski definition) is 0. The van der Waals surface area contributed by atoms with E-state index in [0.717, 1.165) is 12.0 Å². The fourth-order valence-corrected chi connectivity index (χ4v) is 1.32. The number of ketones is 1. The molecule has 0 saturated carbocycles. The molecule has 0 bridgehead atoms. The minimum Gasteiger partial charge on any atom is -0.294 e. The summed E-state index contributed by atoms with van der Waals surface area (Å²) in [6, 6.07) is 4.48. The van der Waals surface area contributed by atoms with E-state index in [1.54, 1.807) is 12.1 Å². The van der Waals surface area contributed by atoms with Gasteiger partial charge in [-0.25, -0.2) is 4.39 Å². The predicted molar refractivity (Wildman–Crippen MR) is 60.8 cm³/mol. The Labute approximate surface area is 93.6 Å². The number of hydrogen-bond acceptors (Lipinski definition) is 1. The van der Waals surface area contributed by atoms with Gasteiger partial charge in [-0.1, -0.05) is 18.2 Å². The second kappa shape index (κ2) is 5.66. The highest BCUT2D eigenvalue weighted by Crippen LogP contribution is 2.12. The van der Waals surface area contributed by atoms with Crippen molar-refractivity contribution in [2.24, 2.45) is 0 Å². The van der Waals surface area contributed by atoms with Gasteiger partial charge in [0.2, 0.25) is 0 Å². The molecular formula is C12H12ClFO. The van der Waals surface area contributed by atoms with E-state index in [0.29, 0.717) is 5.88 Å². The van der Waals surface area contributed by atoms with Gasteiger partial charge < -0.3 is 0 Å². The van der Waals surface area contributed by atoms with Crippen LogP contribution in [-0.4, -0.2) is 11.7 Å². The van der Waals surface area contributed by atoms with Crippen molar-refractivity contribution in [3.8, 4) is 0 Å². The molecule has 0 aromatic heterocycles. The van der Waals surface area contributed by atoms with E-state index in [9.17, 15) is 9.18 Å². The third-order valence-corrected chi connectivity index (χ3v) is 2.17. The Balaban J connectivity index is 2.92. The summed E-state index contributed by atoms with van der Waals surface area (Å²) in [5.74, 6) is -0.186. The summed E-state index contributed by atoms with van der Waals surface area (Å²) in [6.07, 6.45) is 4.48. The topological polar surface area (TPSA) is 17.1 Å². The Morgan fingerprint density at radius 2 is 2.27 bits per heavy atom. The molecule has 0 aliphatic carbocycles. The monoisotopic (exact) mass is 226 g/mol. The van der Waals surface area contributed by atoms with E-state index in [4.69, 9.17) is 11.6 Å². The number of allylic oxidation sites excluding steroid dienone is 1. The number of halogens is 2. The zero-order valence-electron chi connectivity index (χ0n) is 8.47. The standard InChI is InChI=1S/C12H12ClFO/c1-9(15)11-8-10(4-2-3-7-13)5-6-12(11)14/h2,4-6,8H,3,7H2,1H3. The van der Waals surface area contributed by atoms with Crippen LogP contribution in [0.3, 0.4) is 0 Å². The number of benzene rings is 1. The molecule has 0 aliphatic heterocycles. The molecule has 0 spiro atoms. The largest absolute Gasteiger partial charge is 0.294 e. The van der Waals surface area contributed by atoms with E-state index in [1.165, 1.54) is 13.0 Å². The summed E-state index contributed by atoms with van der Waals surface area (Å²) in [5.41, 5.74) is 0.940. The lowest BCUT2D eigenvalue weighted by Gasteiger charge is -2.00. The second-order valence-electron chi connectivity index (χ2n) is 3.18. The quantitative estimate of drug-likeness (QED) is 0.566. The maximum absolute atomic E-state index is 13.1. The molecule has 1 aromatic rings. The average Bonchev–Trinajstić information content (AvgIpc) is 2.20. The molecule has 0 N–H and O–H groups in total. The molecule has 0 aliphatic rings. The molecule has 3 heteroatoms. The first-order valence-corrected chi connectivity index (χ1v) is 5.21. The molecule has 0 heterocycles. The van der Waals surface area contributed by atoms with E-state index in [1.807, 2.05) is 12.2 Å². The predicted octanol–water partition coefficient (Wildman–Crippen LogP) is 3.67. The van der Waals surface area contributed by atoms with Crippen molar-refractivity contribution in [1.29, 1.82) is 0 Å². The number of Topliss-reactive ketones (excluding diaryl/α,β-unsaturated/α-hetero) is 1. The first-order valence-electron chi connectivity index (χ1n) is 4.68. The van der Waals surface area contributed by atoms with Crippen molar-refractivity contribution in [3.05, 3.63) is 41.2 Å². The molecule has 0 atom stereocenters. The maximum Gasteiger partial charge on any atom is 0.162 e. The van der Waals surface area contributed by atoms with Gasteiger partial charge in [-0.15, -0.1) is 11.6 Å². The Bertz CT molecular complexity index is 385. The average molecular weight is 227 g/mol. The van der Waals surface area contributed by atoms with Crippen LogP contribution in [0.25, 0.3) is 6.08 Å². The summed E-state index contributed by atoms with van der Waals surface area (Å²) < 4.78 is 13.1. The Morgan fingerprint density at radius 1 is 1.53 bits per heavy atom. The van der Waals surface area contributed by atoms with Crippen LogP contribution in [0, 0.1) is 5.82 Å². The van der Waals surface area contributed by atoms with E-state index < -0.39 is 5.82 Å². The highest BCUT2D eigenvalue weighted by Gasteiger charge is 2.06. The van der Waals surface area contributed by atoms with E-state index in [2.05, 4.69) is 0 Å². The highest BCUT2D eigenvalue weighted by molar-refractivity contribution is 6.17. The van der Waals surface area contributed by atoms with Gasteiger partial charge in [0.05, 0.1) is 5.56 Å². The van der Waals surface area contributed by atoms with Crippen LogP contribution in [0.1, 0.15) is 29.3 Å². The van der Waals surface area contributed by atoms with Gasteiger partial charge >= 0.3 is 0 Å². The summed E-state index contributed by atoms with van der Waals surface area (Å²) in [5, 5.41) is 0. The SMILES string of the molecule is CC(=O)c1cc(C=CCCCl)ccc1F. The van der Waals surface area contributed by atoms with Crippen molar-refractivity contribution in [1.82, 2.24) is 0 Å². The number of carbonyl (C=O) groups is 1. The molecule has 0 fully saturated rings. The van der Waals surface area contributed by atoms with Crippen LogP contribution < -0.4 is 0 Å². The third kappa shape index (κ3) is 3.48. The van der Waals surface area contributed by atoms with E-state index in [-0.39, 0.29) is 11.3 Å². The molecule has 1 nitrogen and oxygen atoms in total. The fraction of sp³-hybridized carbons (Fsp3) is 0.250. The highest BCUT2D eigenvalue weighted by atomic mass is 35.5. The van der Waals surface area contributed by atoms with Crippen molar-refractivity contribution in [2.75, 3.05) is 5.88 Å². The van der Waals surface area contributed by atoms with E-state index >= 15 is 0 Å². The molecule has 80 valence electrons. The zero-order chi connectivity index (χ0) is 11.3. The van der Waals surface area contributed by atoms with Crippen molar-refractivity contribution in [3.63, 3.8) is 0 Å². The molecule has 0 amide bonds. The molecule has 0 saturated heterocycles. The Hall–Kier alpha value is -1.15. The molecular weight excluding hydrogens is 215 g/mol. The smallest absolute Gasteiger partial charge is 0.162 e. The van der Waals surface area contributed by atoms with Gasteiger partial charge in [0.25, 0.3) is 0 Å². The van der Waals surface area contributed by atoms with Crippen LogP contribution in [0.4, 0.5) is 4.39 Å². The van der Waals surface area contributed by atoms with Crippen molar-refractivity contribution in [2.45, 2.75) is 13.3 Å². The summed E-state index contributed by atoms with van der Waals surface area (Å²) in [7, 11) is 0. The Morgan fingerprint density at radius 3 is 2.87 bits per heavy atom. The van der Waals surface area contributed by atoms with Crippen LogP contribution in [0.2, 0.25) is 0 Å². The normalized spacial score (nSPS) is 10.9. The minimum atomic E-state index is -0.475. The fourth-order valence-electron chi connectivity index (χ4n) is 1.20. The number of alkyl halides is 1. The van der Waals surface area contributed by atoms with Crippen LogP contribution >= 0.6 is 11.6 Å². The lowest BCUT2D eigenvalue weighted by Crippen LogP contribution is -1.96. The molecule has 1 rings (SSSR count). The van der Waals surface area contributed by atoms with Crippen LogP contribution in [0.5, 0.6) is 0 Å². The number of rotatable bonds is 4. The lowest BCUT2D eigenvalue weighted by molar-refractivity contribution is 0.101. The van der Waals surface area contributed by atoms with Crippen LogP contribution in [-0.2, 0) is 0 Å². The lowest BCUT2D eigenvalue weighted by atomic mass is 10.1. The summed E-state index contributed by atoms with van der Waals surface area (Å²) >= 11 is 5.51. The molecule has 1 aromatic carbocycles. The van der Waals surface area contributed by atoms with Gasteiger partial charge in [0.1, 0.15) is 5.82 Å². The van der Waals surface area contributed by atoms with Gasteiger partial charge in [-0.3, -0.25) is 4.79 Å². The molecule has 15 heavy (non-hydrogen) atoms. The maximum atomic E-state index is 13.1. The zero-order valence-corrected chi connectivity index (χ0v) is 9.22. The first kappa shape index (κ1) is 11.9. The molecule has 0 unspecified atom stereocenters. The Kier molecular flexibility index (Phi) is 4.50. The summed E-state index contributed by atoms with van der Waals surface area (Å²) in [4.78, 5) is 11.1. The van der Waals surface area contributed by atoms with Gasteiger partial charge in [-0.2, -0.15) is 0 Å². The van der Waals surface area contributed by atoms with Gasteiger partial charge in [-0.05, 0) is 31.0 Å². The first-order chi connectivity index (χ1) is 7.15. The van der Waals surface area contributed by atoms with Crippen LogP contribution in [0.15, 0.2) is 24.3 Å². The third-order valence-electron chi connectivity index (χ3n) is 1.96. The van der Waals surface area contributed by atoms with Crippen molar-refractivity contribution < 1.29 is 9.18 Å². The summed E-state index contributed by atoms with van der Waals surface area (Å²) in [6.45, 7) is 1.35. The molecule has 0 radical (unpaired) electrons. The second-order valence-corrected chi connectivity index (χ2v) is 3.55. The van der Waals surface area contributed by atoms with Gasteiger partial charge in [0, 0.05) is 5.88 Å². The number of carbonyl (C=O) groups excluding carboxylic acids is 1. The van der Waals surface area contributed by atoms with Crippen molar-refractivity contribution >= 4 is 23.5 Å². The van der Waals surface area contributed by atoms with Gasteiger partial charge in [0.15, 0.2) is 5.78 Å². The minimum absolute atomic E-state index is 0.128.